The highest BCUT2D eigenvalue weighted by atomic mass is 16.5. The minimum absolute atomic E-state index is 0.532. The van der Waals surface area contributed by atoms with E-state index in [0.29, 0.717) is 5.92 Å². The molecule has 1 fully saturated rings. The number of imidazole rings is 1. The Morgan fingerprint density at radius 1 is 1.42 bits per heavy atom. The van der Waals surface area contributed by atoms with Gasteiger partial charge in [0.1, 0.15) is 11.6 Å². The van der Waals surface area contributed by atoms with Crippen molar-refractivity contribution >= 4 is 0 Å². The van der Waals surface area contributed by atoms with E-state index in [9.17, 15) is 0 Å². The van der Waals surface area contributed by atoms with Crippen LogP contribution >= 0.6 is 0 Å². The van der Waals surface area contributed by atoms with Crippen LogP contribution in [0.1, 0.15) is 18.2 Å². The third-order valence-electron chi connectivity index (χ3n) is 3.82. The van der Waals surface area contributed by atoms with Crippen LogP contribution in [0.3, 0.4) is 0 Å². The molecule has 1 aliphatic heterocycles. The average Bonchev–Trinajstić information content (AvgIpc) is 3.08. The topological polar surface area (TPSA) is 39.1 Å². The standard InChI is InChI=1S/C15H19N3O/c1-18-14(11-4-3-5-13(8-11)19-2)10-17-15(18)12-6-7-16-9-12/h3-5,8,10,12,16H,6-7,9H2,1-2H3. The van der Waals surface area contributed by atoms with Crippen molar-refractivity contribution in [1.29, 1.82) is 0 Å². The van der Waals surface area contributed by atoms with E-state index < -0.39 is 0 Å². The maximum absolute atomic E-state index is 5.28. The summed E-state index contributed by atoms with van der Waals surface area (Å²) in [5.41, 5.74) is 2.28. The first-order chi connectivity index (χ1) is 9.29. The molecule has 1 atom stereocenters. The molecule has 1 aromatic carbocycles. The zero-order valence-corrected chi connectivity index (χ0v) is 11.4. The van der Waals surface area contributed by atoms with Gasteiger partial charge in [-0.3, -0.25) is 0 Å². The van der Waals surface area contributed by atoms with Gasteiger partial charge in [-0.2, -0.15) is 0 Å². The van der Waals surface area contributed by atoms with Gasteiger partial charge in [-0.05, 0) is 25.1 Å². The van der Waals surface area contributed by atoms with Gasteiger partial charge in [0.15, 0.2) is 0 Å². The van der Waals surface area contributed by atoms with Crippen molar-refractivity contribution in [3.8, 4) is 17.0 Å². The van der Waals surface area contributed by atoms with Gasteiger partial charge in [0.25, 0.3) is 0 Å². The molecule has 0 spiro atoms. The van der Waals surface area contributed by atoms with Crippen LogP contribution in [0.4, 0.5) is 0 Å². The predicted octanol–water partition coefficient (Wildman–Crippen LogP) is 2.17. The van der Waals surface area contributed by atoms with Crippen LogP contribution < -0.4 is 10.1 Å². The third kappa shape index (κ3) is 2.24. The van der Waals surface area contributed by atoms with E-state index in [1.807, 2.05) is 24.4 Å². The molecule has 1 N–H and O–H groups in total. The van der Waals surface area contributed by atoms with Gasteiger partial charge in [-0.15, -0.1) is 0 Å². The molecule has 1 unspecified atom stereocenters. The monoisotopic (exact) mass is 257 g/mol. The van der Waals surface area contributed by atoms with Crippen LogP contribution in [0.5, 0.6) is 5.75 Å². The highest BCUT2D eigenvalue weighted by Gasteiger charge is 2.22. The number of ether oxygens (including phenoxy) is 1. The fraction of sp³-hybridized carbons (Fsp3) is 0.400. The van der Waals surface area contributed by atoms with E-state index >= 15 is 0 Å². The van der Waals surface area contributed by atoms with Crippen LogP contribution in [-0.2, 0) is 7.05 Å². The van der Waals surface area contributed by atoms with E-state index in [2.05, 4.69) is 28.0 Å². The molecule has 4 heteroatoms. The highest BCUT2D eigenvalue weighted by molar-refractivity contribution is 5.61. The number of hydrogen-bond acceptors (Lipinski definition) is 3. The molecule has 0 aliphatic carbocycles. The SMILES string of the molecule is COc1cccc(-c2cnc(C3CCNC3)n2C)c1. The van der Waals surface area contributed by atoms with Crippen LogP contribution in [0, 0.1) is 0 Å². The average molecular weight is 257 g/mol. The van der Waals surface area contributed by atoms with Crippen LogP contribution in [0.2, 0.25) is 0 Å². The van der Waals surface area contributed by atoms with Gasteiger partial charge < -0.3 is 14.6 Å². The Balaban J connectivity index is 1.96. The first kappa shape index (κ1) is 12.2. The predicted molar refractivity (Wildman–Crippen MR) is 75.4 cm³/mol. The van der Waals surface area contributed by atoms with Crippen molar-refractivity contribution in [1.82, 2.24) is 14.9 Å². The quantitative estimate of drug-likeness (QED) is 0.916. The normalized spacial score (nSPS) is 18.7. The Kier molecular flexibility index (Phi) is 3.25. The summed E-state index contributed by atoms with van der Waals surface area (Å²) >= 11 is 0. The highest BCUT2D eigenvalue weighted by Crippen LogP contribution is 2.28. The molecular weight excluding hydrogens is 238 g/mol. The molecule has 0 bridgehead atoms. The molecule has 2 heterocycles. The number of nitrogens with zero attached hydrogens (tertiary/aromatic N) is 2. The summed E-state index contributed by atoms with van der Waals surface area (Å²) in [6.07, 6.45) is 3.13. The molecule has 4 nitrogen and oxygen atoms in total. The smallest absolute Gasteiger partial charge is 0.119 e. The molecule has 0 amide bonds. The van der Waals surface area contributed by atoms with E-state index in [-0.39, 0.29) is 0 Å². The third-order valence-corrected chi connectivity index (χ3v) is 3.82. The first-order valence-electron chi connectivity index (χ1n) is 6.66. The number of nitrogens with one attached hydrogen (secondary N) is 1. The molecular formula is C15H19N3O. The molecule has 1 aromatic heterocycles. The second kappa shape index (κ2) is 5.05. The summed E-state index contributed by atoms with van der Waals surface area (Å²) in [4.78, 5) is 4.61. The van der Waals surface area contributed by atoms with Crippen LogP contribution in [-0.4, -0.2) is 29.8 Å². The molecule has 100 valence electrons. The van der Waals surface area contributed by atoms with Crippen molar-refractivity contribution in [2.24, 2.45) is 7.05 Å². The number of aromatic nitrogens is 2. The fourth-order valence-corrected chi connectivity index (χ4v) is 2.73. The first-order valence-corrected chi connectivity index (χ1v) is 6.66. The molecule has 1 aliphatic rings. The van der Waals surface area contributed by atoms with Gasteiger partial charge in [0, 0.05) is 25.1 Å². The minimum atomic E-state index is 0.532. The number of rotatable bonds is 3. The maximum Gasteiger partial charge on any atom is 0.119 e. The van der Waals surface area contributed by atoms with Gasteiger partial charge in [0.05, 0.1) is 19.0 Å². The zero-order chi connectivity index (χ0) is 13.2. The summed E-state index contributed by atoms with van der Waals surface area (Å²) in [5, 5.41) is 3.39. The maximum atomic E-state index is 5.28. The summed E-state index contributed by atoms with van der Waals surface area (Å²) < 4.78 is 7.48. The number of methoxy groups -OCH3 is 1. The Labute approximate surface area is 113 Å². The second-order valence-corrected chi connectivity index (χ2v) is 4.98. The van der Waals surface area contributed by atoms with Crippen molar-refractivity contribution in [2.75, 3.05) is 20.2 Å². The molecule has 0 saturated carbocycles. The lowest BCUT2D eigenvalue weighted by Gasteiger charge is -2.11. The Morgan fingerprint density at radius 2 is 2.32 bits per heavy atom. The van der Waals surface area contributed by atoms with Crippen LogP contribution in [0.25, 0.3) is 11.3 Å². The zero-order valence-electron chi connectivity index (χ0n) is 11.4. The summed E-state index contributed by atoms with van der Waals surface area (Å²) in [6.45, 7) is 2.12. The molecule has 0 radical (unpaired) electrons. The lowest BCUT2D eigenvalue weighted by Crippen LogP contribution is -2.11. The summed E-state index contributed by atoms with van der Waals surface area (Å²) in [6, 6.07) is 8.11. The lowest BCUT2D eigenvalue weighted by atomic mass is 10.1. The van der Waals surface area contributed by atoms with Gasteiger partial charge in [-0.1, -0.05) is 12.1 Å². The summed E-state index contributed by atoms with van der Waals surface area (Å²) in [7, 11) is 3.79. The van der Waals surface area contributed by atoms with E-state index in [1.54, 1.807) is 7.11 Å². The Bertz CT molecular complexity index is 571. The number of hydrogen-bond donors (Lipinski definition) is 1. The van der Waals surface area contributed by atoms with Gasteiger partial charge >= 0.3 is 0 Å². The molecule has 3 rings (SSSR count). The van der Waals surface area contributed by atoms with Crippen molar-refractivity contribution in [3.63, 3.8) is 0 Å². The van der Waals surface area contributed by atoms with Gasteiger partial charge in [0.2, 0.25) is 0 Å². The van der Waals surface area contributed by atoms with Crippen LogP contribution in [0.15, 0.2) is 30.5 Å². The van der Waals surface area contributed by atoms with Crippen molar-refractivity contribution in [3.05, 3.63) is 36.3 Å². The molecule has 19 heavy (non-hydrogen) atoms. The lowest BCUT2D eigenvalue weighted by molar-refractivity contribution is 0.415. The largest absolute Gasteiger partial charge is 0.497 e. The van der Waals surface area contributed by atoms with E-state index in [0.717, 1.165) is 30.1 Å². The van der Waals surface area contributed by atoms with Crippen molar-refractivity contribution < 1.29 is 4.74 Å². The minimum Gasteiger partial charge on any atom is -0.497 e. The summed E-state index contributed by atoms with van der Waals surface area (Å²) in [5.74, 6) is 2.58. The van der Waals surface area contributed by atoms with Gasteiger partial charge in [-0.25, -0.2) is 4.98 Å². The molecule has 1 saturated heterocycles. The Morgan fingerprint density at radius 3 is 3.05 bits per heavy atom. The fourth-order valence-electron chi connectivity index (χ4n) is 2.73. The van der Waals surface area contributed by atoms with E-state index in [4.69, 9.17) is 4.74 Å². The van der Waals surface area contributed by atoms with Crippen molar-refractivity contribution in [2.45, 2.75) is 12.3 Å². The van der Waals surface area contributed by atoms with E-state index in [1.165, 1.54) is 12.2 Å². The Hall–Kier alpha value is -1.81. The molecule has 2 aromatic rings. The second-order valence-electron chi connectivity index (χ2n) is 4.98. The number of benzene rings is 1.